The van der Waals surface area contributed by atoms with E-state index < -0.39 is 0 Å². The summed E-state index contributed by atoms with van der Waals surface area (Å²) < 4.78 is 0. The second kappa shape index (κ2) is 9.57. The van der Waals surface area contributed by atoms with E-state index in [1.54, 1.807) is 6.33 Å². The molecule has 0 radical (unpaired) electrons. The Morgan fingerprint density at radius 2 is 1.79 bits per heavy atom. The van der Waals surface area contributed by atoms with Gasteiger partial charge in [0, 0.05) is 44.0 Å². The number of piperidine rings is 1. The number of halogens is 2. The zero-order chi connectivity index (χ0) is 18.1. The summed E-state index contributed by atoms with van der Waals surface area (Å²) in [6, 6.07) is 0.00248. The average Bonchev–Trinajstić information content (AvgIpc) is 3.07. The maximum Gasteiger partial charge on any atom is 0.239 e. The Bertz CT molecular complexity index is 674. The van der Waals surface area contributed by atoms with E-state index in [4.69, 9.17) is 0 Å². The Labute approximate surface area is 179 Å². The van der Waals surface area contributed by atoms with Gasteiger partial charge < -0.3 is 20.4 Å². The predicted octanol–water partition coefficient (Wildman–Crippen LogP) is 1.32. The van der Waals surface area contributed by atoms with Gasteiger partial charge in [-0.1, -0.05) is 0 Å². The van der Waals surface area contributed by atoms with Crippen LogP contribution in [0.15, 0.2) is 6.33 Å². The lowest BCUT2D eigenvalue weighted by Gasteiger charge is -2.37. The quantitative estimate of drug-likeness (QED) is 0.736. The third kappa shape index (κ3) is 4.53. The first kappa shape index (κ1) is 23.1. The molecule has 9 heteroatoms. The molecular formula is C19H32Cl2N6O. The average molecular weight is 431 g/mol. The molecule has 0 saturated carbocycles. The normalized spacial score (nSPS) is 23.9. The van der Waals surface area contributed by atoms with Crippen molar-refractivity contribution in [2.45, 2.75) is 39.2 Å². The molecule has 0 bridgehead atoms. The highest BCUT2D eigenvalue weighted by atomic mass is 35.5. The molecule has 1 atom stereocenters. The fraction of sp³-hybridized carbons (Fsp3) is 0.737. The first-order chi connectivity index (χ1) is 12.6. The maximum absolute atomic E-state index is 13.0. The molecule has 158 valence electrons. The molecule has 3 fully saturated rings. The minimum Gasteiger partial charge on any atom is -0.353 e. The Kier molecular flexibility index (Phi) is 7.90. The number of piperazine rings is 1. The fourth-order valence-corrected chi connectivity index (χ4v) is 4.63. The van der Waals surface area contributed by atoms with Gasteiger partial charge in [-0.15, -0.1) is 24.8 Å². The van der Waals surface area contributed by atoms with E-state index in [-0.39, 0.29) is 36.8 Å². The summed E-state index contributed by atoms with van der Waals surface area (Å²) >= 11 is 0. The van der Waals surface area contributed by atoms with Crippen molar-refractivity contribution in [3.8, 4) is 0 Å². The Balaban J connectivity index is 0.00000140. The summed E-state index contributed by atoms with van der Waals surface area (Å²) in [7, 11) is 0. The predicted molar refractivity (Wildman–Crippen MR) is 116 cm³/mol. The largest absolute Gasteiger partial charge is 0.353 e. The van der Waals surface area contributed by atoms with Gasteiger partial charge in [0.15, 0.2) is 0 Å². The van der Waals surface area contributed by atoms with Gasteiger partial charge in [0.1, 0.15) is 12.1 Å². The SMILES string of the molecule is Cc1ncnc(N2CCN(C(=O)C3CC4(CCNCC4)CN3)CC2)c1C.Cl.Cl. The van der Waals surface area contributed by atoms with Crippen LogP contribution in [0.3, 0.4) is 0 Å². The van der Waals surface area contributed by atoms with E-state index in [0.717, 1.165) is 69.3 Å². The molecule has 1 unspecified atom stereocenters. The Morgan fingerprint density at radius 3 is 2.46 bits per heavy atom. The third-order valence-electron chi connectivity index (χ3n) is 6.52. The lowest BCUT2D eigenvalue weighted by Crippen LogP contribution is -2.53. The fourth-order valence-electron chi connectivity index (χ4n) is 4.63. The second-order valence-corrected chi connectivity index (χ2v) is 8.11. The van der Waals surface area contributed by atoms with Crippen LogP contribution in [-0.4, -0.2) is 72.6 Å². The standard InChI is InChI=1S/C19H30N6O.2ClH/c1-14-15(2)22-13-23-17(14)24-7-9-25(10-8-24)18(26)16-11-19(12-21-16)3-5-20-6-4-19;;/h13,16,20-21H,3-12H2,1-2H3;2*1H. The summed E-state index contributed by atoms with van der Waals surface area (Å²) in [5, 5.41) is 6.95. The van der Waals surface area contributed by atoms with Crippen LogP contribution in [-0.2, 0) is 4.79 Å². The second-order valence-electron chi connectivity index (χ2n) is 8.11. The van der Waals surface area contributed by atoms with Crippen molar-refractivity contribution < 1.29 is 4.79 Å². The number of nitrogens with zero attached hydrogens (tertiary/aromatic N) is 4. The number of hydrogen-bond acceptors (Lipinski definition) is 6. The van der Waals surface area contributed by atoms with Crippen molar-refractivity contribution in [1.29, 1.82) is 0 Å². The van der Waals surface area contributed by atoms with E-state index in [1.807, 2.05) is 11.8 Å². The summed E-state index contributed by atoms with van der Waals surface area (Å²) in [5.41, 5.74) is 2.50. The number of nitrogens with one attached hydrogen (secondary N) is 2. The molecular weight excluding hydrogens is 399 g/mol. The molecule has 28 heavy (non-hydrogen) atoms. The minimum atomic E-state index is 0. The van der Waals surface area contributed by atoms with Crippen LogP contribution in [0.2, 0.25) is 0 Å². The highest BCUT2D eigenvalue weighted by Gasteiger charge is 2.43. The van der Waals surface area contributed by atoms with Crippen LogP contribution < -0.4 is 15.5 Å². The number of aromatic nitrogens is 2. The van der Waals surface area contributed by atoms with Crippen LogP contribution in [0.5, 0.6) is 0 Å². The smallest absolute Gasteiger partial charge is 0.239 e. The Morgan fingerprint density at radius 1 is 1.11 bits per heavy atom. The van der Waals surface area contributed by atoms with Crippen molar-refractivity contribution in [2.75, 3.05) is 50.7 Å². The molecule has 1 amide bonds. The number of amides is 1. The lowest BCUT2D eigenvalue weighted by atomic mass is 9.77. The third-order valence-corrected chi connectivity index (χ3v) is 6.52. The van der Waals surface area contributed by atoms with E-state index in [2.05, 4.69) is 32.4 Å². The van der Waals surface area contributed by atoms with Crippen molar-refractivity contribution in [3.05, 3.63) is 17.6 Å². The van der Waals surface area contributed by atoms with Crippen LogP contribution in [0.25, 0.3) is 0 Å². The van der Waals surface area contributed by atoms with E-state index in [0.29, 0.717) is 5.41 Å². The zero-order valence-electron chi connectivity index (χ0n) is 16.7. The molecule has 2 N–H and O–H groups in total. The van der Waals surface area contributed by atoms with Crippen LogP contribution in [0.4, 0.5) is 5.82 Å². The van der Waals surface area contributed by atoms with Gasteiger partial charge >= 0.3 is 0 Å². The summed E-state index contributed by atoms with van der Waals surface area (Å²) in [4.78, 5) is 26.0. The highest BCUT2D eigenvalue weighted by Crippen LogP contribution is 2.37. The molecule has 4 rings (SSSR count). The van der Waals surface area contributed by atoms with Gasteiger partial charge in [-0.2, -0.15) is 0 Å². The summed E-state index contributed by atoms with van der Waals surface area (Å²) in [6.07, 6.45) is 5.00. The van der Waals surface area contributed by atoms with Crippen molar-refractivity contribution in [1.82, 2.24) is 25.5 Å². The molecule has 1 spiro atoms. The number of hydrogen-bond donors (Lipinski definition) is 2. The summed E-state index contributed by atoms with van der Waals surface area (Å²) in [5.74, 6) is 1.30. The summed E-state index contributed by atoms with van der Waals surface area (Å²) in [6.45, 7) is 10.5. The number of anilines is 1. The number of aryl methyl sites for hydroxylation is 1. The number of rotatable bonds is 2. The van der Waals surface area contributed by atoms with Crippen molar-refractivity contribution in [3.63, 3.8) is 0 Å². The molecule has 4 heterocycles. The molecule has 3 aliphatic heterocycles. The van der Waals surface area contributed by atoms with Gasteiger partial charge in [0.2, 0.25) is 5.91 Å². The monoisotopic (exact) mass is 430 g/mol. The van der Waals surface area contributed by atoms with Crippen LogP contribution in [0, 0.1) is 19.3 Å². The first-order valence-electron chi connectivity index (χ1n) is 9.84. The highest BCUT2D eigenvalue weighted by molar-refractivity contribution is 5.85. The lowest BCUT2D eigenvalue weighted by molar-refractivity contribution is -0.133. The van der Waals surface area contributed by atoms with Gasteiger partial charge in [0.05, 0.1) is 6.04 Å². The molecule has 3 saturated heterocycles. The van der Waals surface area contributed by atoms with Gasteiger partial charge in [-0.05, 0) is 51.6 Å². The molecule has 0 aliphatic carbocycles. The van der Waals surface area contributed by atoms with E-state index >= 15 is 0 Å². The first-order valence-corrected chi connectivity index (χ1v) is 9.84. The number of carbonyl (C=O) groups excluding carboxylic acids is 1. The van der Waals surface area contributed by atoms with Crippen LogP contribution in [0.1, 0.15) is 30.5 Å². The van der Waals surface area contributed by atoms with E-state index in [9.17, 15) is 4.79 Å². The topological polar surface area (TPSA) is 73.4 Å². The van der Waals surface area contributed by atoms with Crippen LogP contribution >= 0.6 is 24.8 Å². The molecule has 1 aromatic rings. The number of carbonyl (C=O) groups is 1. The van der Waals surface area contributed by atoms with Gasteiger partial charge in [-0.25, -0.2) is 9.97 Å². The molecule has 7 nitrogen and oxygen atoms in total. The Hall–Kier alpha value is -1.15. The van der Waals surface area contributed by atoms with Crippen molar-refractivity contribution >= 4 is 36.5 Å². The zero-order valence-corrected chi connectivity index (χ0v) is 18.4. The maximum atomic E-state index is 13.0. The molecule has 0 aromatic carbocycles. The van der Waals surface area contributed by atoms with Gasteiger partial charge in [0.25, 0.3) is 0 Å². The molecule has 3 aliphatic rings. The molecule has 1 aromatic heterocycles. The van der Waals surface area contributed by atoms with E-state index in [1.165, 1.54) is 12.8 Å². The van der Waals surface area contributed by atoms with Gasteiger partial charge in [-0.3, -0.25) is 4.79 Å². The van der Waals surface area contributed by atoms with Crippen molar-refractivity contribution in [2.24, 2.45) is 5.41 Å². The minimum absolute atomic E-state index is 0.